The van der Waals surface area contributed by atoms with Crippen LogP contribution in [0.4, 0.5) is 5.69 Å². The number of esters is 1. The maximum absolute atomic E-state index is 13.1. The predicted octanol–water partition coefficient (Wildman–Crippen LogP) is 6.28. The van der Waals surface area contributed by atoms with Crippen LogP contribution in [-0.4, -0.2) is 24.9 Å². The SMILES string of the molecule is COC(=O)c1ccc(NC(=O)C[C@H]2CC[C@H]3[C@@H]4CC(Cl)=C5NC(=O)CC[C@]5(C)[C@H]4CC[C@]23C)c(Cl)c1. The molecule has 2 amide bonds. The van der Waals surface area contributed by atoms with Gasteiger partial charge < -0.3 is 15.4 Å². The van der Waals surface area contributed by atoms with Gasteiger partial charge in [-0.15, -0.1) is 0 Å². The van der Waals surface area contributed by atoms with Gasteiger partial charge in [0.2, 0.25) is 11.8 Å². The lowest BCUT2D eigenvalue weighted by Crippen LogP contribution is -2.54. The highest BCUT2D eigenvalue weighted by Gasteiger charge is 2.59. The molecule has 4 aliphatic rings. The van der Waals surface area contributed by atoms with Crippen LogP contribution in [0.1, 0.15) is 75.6 Å². The molecule has 2 saturated carbocycles. The Bertz CT molecular complexity index is 1150. The molecule has 5 rings (SSSR count). The molecule has 3 fully saturated rings. The average Bonchev–Trinajstić information content (AvgIpc) is 3.17. The van der Waals surface area contributed by atoms with E-state index in [-0.39, 0.29) is 22.6 Å². The minimum Gasteiger partial charge on any atom is -0.465 e. The van der Waals surface area contributed by atoms with Gasteiger partial charge in [-0.3, -0.25) is 9.59 Å². The van der Waals surface area contributed by atoms with Crippen molar-refractivity contribution in [3.63, 3.8) is 0 Å². The largest absolute Gasteiger partial charge is 0.465 e. The minimum atomic E-state index is -0.468. The number of amides is 2. The lowest BCUT2D eigenvalue weighted by atomic mass is 9.49. The molecule has 194 valence electrons. The van der Waals surface area contributed by atoms with E-state index in [1.165, 1.54) is 13.2 Å². The van der Waals surface area contributed by atoms with E-state index in [9.17, 15) is 14.4 Å². The fraction of sp³-hybridized carbons (Fsp3) is 0.607. The van der Waals surface area contributed by atoms with Crippen LogP contribution in [0.25, 0.3) is 0 Å². The van der Waals surface area contributed by atoms with Crippen molar-refractivity contribution in [2.24, 2.45) is 34.5 Å². The van der Waals surface area contributed by atoms with Crippen LogP contribution >= 0.6 is 23.2 Å². The molecule has 1 aromatic rings. The molecule has 0 aromatic heterocycles. The zero-order valence-corrected chi connectivity index (χ0v) is 22.6. The summed E-state index contributed by atoms with van der Waals surface area (Å²) in [6.07, 6.45) is 6.98. The highest BCUT2D eigenvalue weighted by atomic mass is 35.5. The lowest BCUT2D eigenvalue weighted by molar-refractivity contribution is -0.125. The van der Waals surface area contributed by atoms with E-state index in [1.54, 1.807) is 12.1 Å². The van der Waals surface area contributed by atoms with Crippen molar-refractivity contribution < 1.29 is 19.1 Å². The standard InChI is InChI=1S/C28H34Cl2N2O4/c1-27-10-8-19-17(14-21(30)25-28(19,2)11-9-23(33)32-25)18(27)6-5-16(27)13-24(34)31-22-7-4-15(12-20(22)29)26(35)36-3/h4,7,12,16-19H,5-6,8-11,13-14H2,1-3H3,(H,31,34)(H,32,33)/t16-,17+,18+,19+,27-,28-/m1/s1. The number of benzene rings is 1. The quantitative estimate of drug-likeness (QED) is 0.446. The maximum atomic E-state index is 13.1. The van der Waals surface area contributed by atoms with Gasteiger partial charge in [0.05, 0.1) is 23.4 Å². The summed E-state index contributed by atoms with van der Waals surface area (Å²) in [5.74, 6) is 1.35. The smallest absolute Gasteiger partial charge is 0.337 e. The van der Waals surface area contributed by atoms with Gasteiger partial charge in [-0.2, -0.15) is 0 Å². The van der Waals surface area contributed by atoms with E-state index in [2.05, 4.69) is 24.5 Å². The summed E-state index contributed by atoms with van der Waals surface area (Å²) in [5.41, 5.74) is 1.83. The maximum Gasteiger partial charge on any atom is 0.337 e. The molecule has 1 aromatic carbocycles. The molecule has 0 bridgehead atoms. The Morgan fingerprint density at radius 1 is 1.14 bits per heavy atom. The van der Waals surface area contributed by atoms with Crippen LogP contribution in [0, 0.1) is 34.5 Å². The summed E-state index contributed by atoms with van der Waals surface area (Å²) in [7, 11) is 1.32. The van der Waals surface area contributed by atoms with E-state index in [0.717, 1.165) is 49.3 Å². The van der Waals surface area contributed by atoms with Gasteiger partial charge in [-0.25, -0.2) is 4.79 Å². The fourth-order valence-electron chi connectivity index (χ4n) is 7.99. The molecule has 6 atom stereocenters. The third-order valence-corrected chi connectivity index (χ3v) is 10.6. The van der Waals surface area contributed by atoms with E-state index in [0.29, 0.717) is 52.8 Å². The monoisotopic (exact) mass is 532 g/mol. The number of hydrogen-bond donors (Lipinski definition) is 2. The summed E-state index contributed by atoms with van der Waals surface area (Å²) in [4.78, 5) is 36.9. The Labute approximate surface area is 222 Å². The van der Waals surface area contributed by atoms with Crippen LogP contribution in [0.15, 0.2) is 28.9 Å². The van der Waals surface area contributed by atoms with Gasteiger partial charge in [0.15, 0.2) is 0 Å². The summed E-state index contributed by atoms with van der Waals surface area (Å²) in [5, 5.41) is 7.19. The van der Waals surface area contributed by atoms with Gasteiger partial charge in [-0.1, -0.05) is 37.0 Å². The number of allylic oxidation sites excluding steroid dienone is 2. The first-order valence-corrected chi connectivity index (χ1v) is 13.7. The summed E-state index contributed by atoms with van der Waals surface area (Å²) in [6, 6.07) is 4.76. The normalized spacial score (nSPS) is 35.3. The molecule has 0 radical (unpaired) electrons. The van der Waals surface area contributed by atoms with Crippen LogP contribution in [-0.2, 0) is 14.3 Å². The van der Waals surface area contributed by atoms with Gasteiger partial charge in [0.1, 0.15) is 0 Å². The number of fused-ring (bicyclic) bond motifs is 5. The van der Waals surface area contributed by atoms with Crippen LogP contribution in [0.3, 0.4) is 0 Å². The molecule has 36 heavy (non-hydrogen) atoms. The zero-order valence-electron chi connectivity index (χ0n) is 21.1. The van der Waals surface area contributed by atoms with Crippen LogP contribution in [0.2, 0.25) is 5.02 Å². The number of ether oxygens (including phenoxy) is 1. The molecule has 1 saturated heterocycles. The molecular weight excluding hydrogens is 499 g/mol. The third kappa shape index (κ3) is 4.14. The lowest BCUT2D eigenvalue weighted by Gasteiger charge is -2.57. The predicted molar refractivity (Wildman–Crippen MR) is 140 cm³/mol. The second-order valence-corrected chi connectivity index (χ2v) is 12.4. The average molecular weight is 533 g/mol. The molecule has 0 unspecified atom stereocenters. The third-order valence-electron chi connectivity index (χ3n) is 9.94. The van der Waals surface area contributed by atoms with Crippen LogP contribution in [0.5, 0.6) is 0 Å². The number of nitrogens with one attached hydrogen (secondary N) is 2. The van der Waals surface area contributed by atoms with Crippen molar-refractivity contribution in [2.75, 3.05) is 12.4 Å². The molecule has 3 aliphatic carbocycles. The van der Waals surface area contributed by atoms with Crippen molar-refractivity contribution in [1.29, 1.82) is 0 Å². The number of methoxy groups -OCH3 is 1. The first kappa shape index (κ1) is 25.6. The second kappa shape index (κ2) is 9.36. The van der Waals surface area contributed by atoms with Crippen molar-refractivity contribution >= 4 is 46.7 Å². The number of hydrogen-bond acceptors (Lipinski definition) is 4. The first-order chi connectivity index (χ1) is 17.1. The number of carbonyl (C=O) groups is 3. The zero-order chi connectivity index (χ0) is 25.8. The number of halogens is 2. The van der Waals surface area contributed by atoms with Gasteiger partial charge in [0.25, 0.3) is 0 Å². The Morgan fingerprint density at radius 2 is 1.92 bits per heavy atom. The second-order valence-electron chi connectivity index (χ2n) is 11.6. The van der Waals surface area contributed by atoms with Gasteiger partial charge >= 0.3 is 5.97 Å². The van der Waals surface area contributed by atoms with Crippen LogP contribution < -0.4 is 10.6 Å². The van der Waals surface area contributed by atoms with Crippen molar-refractivity contribution in [3.8, 4) is 0 Å². The number of rotatable bonds is 4. The van der Waals surface area contributed by atoms with E-state index in [4.69, 9.17) is 27.9 Å². The summed E-state index contributed by atoms with van der Waals surface area (Å²) in [6.45, 7) is 4.66. The summed E-state index contributed by atoms with van der Waals surface area (Å²) < 4.78 is 4.73. The molecule has 1 heterocycles. The molecule has 0 spiro atoms. The molecular formula is C28H34Cl2N2O4. The minimum absolute atomic E-state index is 0.0532. The Morgan fingerprint density at radius 3 is 2.64 bits per heavy atom. The molecule has 1 aliphatic heterocycles. The van der Waals surface area contributed by atoms with E-state index in [1.807, 2.05) is 0 Å². The van der Waals surface area contributed by atoms with Crippen molar-refractivity contribution in [3.05, 3.63) is 39.5 Å². The highest BCUT2D eigenvalue weighted by molar-refractivity contribution is 6.34. The van der Waals surface area contributed by atoms with Crippen molar-refractivity contribution in [2.45, 2.75) is 65.2 Å². The number of piperidine rings is 1. The Balaban J connectivity index is 1.30. The van der Waals surface area contributed by atoms with Gasteiger partial charge in [-0.05, 0) is 85.8 Å². The van der Waals surface area contributed by atoms with E-state index < -0.39 is 5.97 Å². The van der Waals surface area contributed by atoms with E-state index >= 15 is 0 Å². The highest BCUT2D eigenvalue weighted by Crippen LogP contribution is 2.66. The molecule has 8 heteroatoms. The van der Waals surface area contributed by atoms with Crippen molar-refractivity contribution in [1.82, 2.24) is 5.32 Å². The fourth-order valence-corrected chi connectivity index (χ4v) is 8.66. The Hall–Kier alpha value is -2.05. The number of anilines is 1. The molecule has 2 N–H and O–H groups in total. The Kier molecular flexibility index (Phi) is 6.65. The molecule has 6 nitrogen and oxygen atoms in total. The van der Waals surface area contributed by atoms with Gasteiger partial charge in [0, 0.05) is 29.0 Å². The first-order valence-electron chi connectivity index (χ1n) is 12.9. The summed E-state index contributed by atoms with van der Waals surface area (Å²) >= 11 is 13.2. The number of carbonyl (C=O) groups excluding carboxylic acids is 3. The topological polar surface area (TPSA) is 84.5 Å².